The molecule has 3 heterocycles. The molecule has 0 saturated carbocycles. The zero-order chi connectivity index (χ0) is 24.6. The summed E-state index contributed by atoms with van der Waals surface area (Å²) in [5, 5.41) is 41.0. The standard InChI is InChI=1S/C22H30N2O10/c1-9-4-16(28)32-14-6-10(2-3-12(9)14)30-22-18(24)19(29)20(15(8-26)33-22)34-21-17(23)13(27)5-11(7-25)31-21/h2-4,6,11,13,15,17-22,25-27,29H,5,7-8,23-24H2,1H3/t11-,13-,15+,17+,18+,19+,20+,21-,22?/m0/s1. The van der Waals surface area contributed by atoms with E-state index < -0.39 is 67.4 Å². The molecule has 2 aromatic rings. The molecule has 0 bridgehead atoms. The van der Waals surface area contributed by atoms with Crippen LogP contribution in [0.3, 0.4) is 0 Å². The second kappa shape index (κ2) is 10.2. The van der Waals surface area contributed by atoms with E-state index in [1.165, 1.54) is 12.1 Å². The largest absolute Gasteiger partial charge is 0.463 e. The van der Waals surface area contributed by atoms with Crippen LogP contribution in [0.1, 0.15) is 12.0 Å². The van der Waals surface area contributed by atoms with Gasteiger partial charge in [-0.25, -0.2) is 4.79 Å². The Bertz CT molecular complexity index is 1050. The van der Waals surface area contributed by atoms with Gasteiger partial charge in [-0.15, -0.1) is 0 Å². The van der Waals surface area contributed by atoms with Crippen LogP contribution in [0.4, 0.5) is 0 Å². The Morgan fingerprint density at radius 2 is 1.82 bits per heavy atom. The first-order valence-electron chi connectivity index (χ1n) is 11.0. The number of rotatable bonds is 6. The summed E-state index contributed by atoms with van der Waals surface area (Å²) in [6, 6.07) is 4.19. The van der Waals surface area contributed by atoms with Gasteiger partial charge in [0.2, 0.25) is 6.29 Å². The molecule has 1 aromatic heterocycles. The summed E-state index contributed by atoms with van der Waals surface area (Å²) in [6.45, 7) is 0.887. The van der Waals surface area contributed by atoms with Gasteiger partial charge in [0.1, 0.15) is 29.6 Å². The van der Waals surface area contributed by atoms with Crippen LogP contribution in [0, 0.1) is 6.92 Å². The Kier molecular flexibility index (Phi) is 7.52. The van der Waals surface area contributed by atoms with E-state index in [9.17, 15) is 25.2 Å². The van der Waals surface area contributed by atoms with Crippen molar-refractivity contribution >= 4 is 11.0 Å². The number of hydrogen-bond acceptors (Lipinski definition) is 12. The first-order chi connectivity index (χ1) is 16.2. The van der Waals surface area contributed by atoms with E-state index in [0.29, 0.717) is 5.58 Å². The number of benzene rings is 1. The van der Waals surface area contributed by atoms with E-state index in [2.05, 4.69) is 0 Å². The lowest BCUT2D eigenvalue weighted by Gasteiger charge is -2.45. The van der Waals surface area contributed by atoms with Crippen LogP contribution in [0.5, 0.6) is 5.75 Å². The third-order valence-corrected chi connectivity index (χ3v) is 6.16. The molecule has 12 heteroatoms. The van der Waals surface area contributed by atoms with E-state index in [0.717, 1.165) is 10.9 Å². The summed E-state index contributed by atoms with van der Waals surface area (Å²) in [5.41, 5.74) is 12.7. The SMILES string of the molecule is Cc1cc(=O)oc2cc(OC3O[C@H](CO)[C@@H](O[C@@H]4O[C@H](CO)C[C@H](O)[C@H]4N)[C@H](O)[C@H]3N)ccc12. The molecule has 12 nitrogen and oxygen atoms in total. The third-order valence-electron chi connectivity index (χ3n) is 6.16. The maximum absolute atomic E-state index is 11.7. The maximum Gasteiger partial charge on any atom is 0.336 e. The minimum absolute atomic E-state index is 0.130. The highest BCUT2D eigenvalue weighted by molar-refractivity contribution is 5.81. The Balaban J connectivity index is 1.50. The van der Waals surface area contributed by atoms with Gasteiger partial charge in [0.15, 0.2) is 6.29 Å². The Hall–Kier alpha value is -2.13. The van der Waals surface area contributed by atoms with E-state index >= 15 is 0 Å². The molecule has 2 saturated heterocycles. The van der Waals surface area contributed by atoms with Gasteiger partial charge in [-0.3, -0.25) is 0 Å². The van der Waals surface area contributed by atoms with Gasteiger partial charge >= 0.3 is 5.63 Å². The number of aryl methyl sites for hydroxylation is 1. The molecule has 0 aliphatic carbocycles. The molecule has 9 atom stereocenters. The number of aliphatic hydroxyl groups is 4. The summed E-state index contributed by atoms with van der Waals surface area (Å²) < 4.78 is 28.1. The lowest BCUT2D eigenvalue weighted by atomic mass is 9.96. The van der Waals surface area contributed by atoms with Crippen LogP contribution in [0.2, 0.25) is 0 Å². The molecular formula is C22H30N2O10. The van der Waals surface area contributed by atoms with Crippen LogP contribution < -0.4 is 21.8 Å². The van der Waals surface area contributed by atoms with E-state index in [1.807, 2.05) is 0 Å². The normalized spacial score (nSPS) is 36.5. The second-order valence-corrected chi connectivity index (χ2v) is 8.61. The van der Waals surface area contributed by atoms with Crippen LogP contribution in [-0.4, -0.2) is 88.8 Å². The molecule has 34 heavy (non-hydrogen) atoms. The van der Waals surface area contributed by atoms with Crippen LogP contribution in [0.25, 0.3) is 11.0 Å². The van der Waals surface area contributed by atoms with Crippen molar-refractivity contribution in [3.8, 4) is 5.75 Å². The van der Waals surface area contributed by atoms with Gasteiger partial charge in [0.25, 0.3) is 0 Å². The van der Waals surface area contributed by atoms with Crippen molar-refractivity contribution in [2.45, 2.75) is 68.5 Å². The molecule has 2 aliphatic heterocycles. The molecule has 0 spiro atoms. The molecule has 1 aromatic carbocycles. The summed E-state index contributed by atoms with van der Waals surface area (Å²) in [4.78, 5) is 11.7. The smallest absolute Gasteiger partial charge is 0.336 e. The van der Waals surface area contributed by atoms with Gasteiger partial charge in [-0.05, 0) is 24.6 Å². The van der Waals surface area contributed by atoms with Gasteiger partial charge in [-0.1, -0.05) is 0 Å². The molecule has 2 fully saturated rings. The zero-order valence-electron chi connectivity index (χ0n) is 18.5. The van der Waals surface area contributed by atoms with Crippen LogP contribution >= 0.6 is 0 Å². The van der Waals surface area contributed by atoms with Gasteiger partial charge < -0.3 is 55.3 Å². The van der Waals surface area contributed by atoms with E-state index in [4.69, 9.17) is 34.8 Å². The topological polar surface area (TPSA) is 200 Å². The molecule has 1 unspecified atom stereocenters. The van der Waals surface area contributed by atoms with Gasteiger partial charge in [-0.2, -0.15) is 0 Å². The van der Waals surface area contributed by atoms with E-state index in [1.54, 1.807) is 19.1 Å². The van der Waals surface area contributed by atoms with Crippen molar-refractivity contribution in [3.63, 3.8) is 0 Å². The van der Waals surface area contributed by atoms with Crippen LogP contribution in [-0.2, 0) is 14.2 Å². The Morgan fingerprint density at radius 1 is 1.06 bits per heavy atom. The Labute approximate surface area is 194 Å². The fraction of sp³-hybridized carbons (Fsp3) is 0.591. The van der Waals surface area contributed by atoms with Crippen molar-refractivity contribution in [1.82, 2.24) is 0 Å². The van der Waals surface area contributed by atoms with Gasteiger partial charge in [0.05, 0.1) is 37.5 Å². The van der Waals surface area contributed by atoms with Crippen molar-refractivity contribution in [3.05, 3.63) is 40.2 Å². The highest BCUT2D eigenvalue weighted by atomic mass is 16.7. The van der Waals surface area contributed by atoms with Crippen molar-refractivity contribution in [2.75, 3.05) is 13.2 Å². The second-order valence-electron chi connectivity index (χ2n) is 8.61. The minimum Gasteiger partial charge on any atom is -0.463 e. The van der Waals surface area contributed by atoms with Crippen molar-refractivity contribution in [2.24, 2.45) is 11.5 Å². The fourth-order valence-corrected chi connectivity index (χ4v) is 4.21. The molecule has 188 valence electrons. The summed E-state index contributed by atoms with van der Waals surface area (Å²) in [5.74, 6) is 0.275. The average Bonchev–Trinajstić information content (AvgIpc) is 2.80. The number of ether oxygens (including phenoxy) is 4. The van der Waals surface area contributed by atoms with Crippen molar-refractivity contribution < 1.29 is 43.8 Å². The zero-order valence-corrected chi connectivity index (χ0v) is 18.5. The Morgan fingerprint density at radius 3 is 2.53 bits per heavy atom. The van der Waals surface area contributed by atoms with Crippen molar-refractivity contribution in [1.29, 1.82) is 0 Å². The summed E-state index contributed by atoms with van der Waals surface area (Å²) >= 11 is 0. The summed E-state index contributed by atoms with van der Waals surface area (Å²) in [6.07, 6.45) is -7.49. The molecular weight excluding hydrogens is 452 g/mol. The predicted molar refractivity (Wildman–Crippen MR) is 117 cm³/mol. The summed E-state index contributed by atoms with van der Waals surface area (Å²) in [7, 11) is 0. The van der Waals surface area contributed by atoms with E-state index in [-0.39, 0.29) is 18.8 Å². The third kappa shape index (κ3) is 4.96. The molecule has 0 amide bonds. The monoisotopic (exact) mass is 482 g/mol. The molecule has 2 aliphatic rings. The number of aliphatic hydroxyl groups excluding tert-OH is 4. The predicted octanol–water partition coefficient (Wildman–Crippen LogP) is -1.93. The highest BCUT2D eigenvalue weighted by Gasteiger charge is 2.48. The number of fused-ring (bicyclic) bond motifs is 1. The molecule has 4 rings (SSSR count). The van der Waals surface area contributed by atoms with Gasteiger partial charge in [0, 0.05) is 23.9 Å². The molecule has 0 radical (unpaired) electrons. The fourth-order valence-electron chi connectivity index (χ4n) is 4.21. The number of nitrogens with two attached hydrogens (primary N) is 2. The number of hydrogen-bond donors (Lipinski definition) is 6. The minimum atomic E-state index is -1.36. The molecule has 8 N–H and O–H groups in total. The maximum atomic E-state index is 11.7. The lowest BCUT2D eigenvalue weighted by molar-refractivity contribution is -0.309. The highest BCUT2D eigenvalue weighted by Crippen LogP contribution is 2.30. The quantitative estimate of drug-likeness (QED) is 0.249. The first-order valence-corrected chi connectivity index (χ1v) is 11.0. The van der Waals surface area contributed by atoms with Crippen LogP contribution in [0.15, 0.2) is 33.5 Å². The first kappa shape index (κ1) is 25.0. The lowest BCUT2D eigenvalue weighted by Crippen LogP contribution is -2.66. The average molecular weight is 482 g/mol.